The highest BCUT2D eigenvalue weighted by molar-refractivity contribution is 5.53. The van der Waals surface area contributed by atoms with Gasteiger partial charge in [-0.3, -0.25) is 4.99 Å². The Kier molecular flexibility index (Phi) is 8.91. The summed E-state index contributed by atoms with van der Waals surface area (Å²) in [5.74, 6) is 0. The van der Waals surface area contributed by atoms with E-state index in [-0.39, 0.29) is 0 Å². The van der Waals surface area contributed by atoms with Gasteiger partial charge in [0.1, 0.15) is 0 Å². The standard InChI is InChI=1S/C12H14N2.C2H6/c1-2-14-10-12-7-5-11(6-8-12)4-3-9-13;1-2/h2,5-8H,3-4,10H2,1H3;1-2H3. The van der Waals surface area contributed by atoms with Crippen LogP contribution in [0.5, 0.6) is 0 Å². The summed E-state index contributed by atoms with van der Waals surface area (Å²) < 4.78 is 0. The van der Waals surface area contributed by atoms with Crippen LogP contribution in [0.4, 0.5) is 0 Å². The number of benzene rings is 1. The van der Waals surface area contributed by atoms with E-state index < -0.39 is 0 Å². The Morgan fingerprint density at radius 2 is 1.75 bits per heavy atom. The van der Waals surface area contributed by atoms with Crippen LogP contribution >= 0.6 is 0 Å². The van der Waals surface area contributed by atoms with E-state index in [1.54, 1.807) is 0 Å². The van der Waals surface area contributed by atoms with Crippen LogP contribution in [0.2, 0.25) is 0 Å². The lowest BCUT2D eigenvalue weighted by atomic mass is 10.1. The Hall–Kier alpha value is -1.62. The highest BCUT2D eigenvalue weighted by atomic mass is 14.7. The summed E-state index contributed by atoms with van der Waals surface area (Å²) in [7, 11) is 0. The molecule has 0 radical (unpaired) electrons. The molecule has 0 N–H and O–H groups in total. The first-order chi connectivity index (χ1) is 7.86. The molecule has 0 bridgehead atoms. The van der Waals surface area contributed by atoms with E-state index in [9.17, 15) is 0 Å². The molecule has 16 heavy (non-hydrogen) atoms. The van der Waals surface area contributed by atoms with Crippen LogP contribution in [-0.4, -0.2) is 6.21 Å². The van der Waals surface area contributed by atoms with E-state index in [4.69, 9.17) is 5.26 Å². The summed E-state index contributed by atoms with van der Waals surface area (Å²) in [5, 5.41) is 8.43. The Balaban J connectivity index is 0.00000106. The second kappa shape index (κ2) is 9.92. The molecule has 0 aliphatic rings. The number of aryl methyl sites for hydroxylation is 1. The molecule has 0 unspecified atom stereocenters. The van der Waals surface area contributed by atoms with Crippen molar-refractivity contribution in [2.75, 3.05) is 0 Å². The van der Waals surface area contributed by atoms with Gasteiger partial charge in [0.25, 0.3) is 0 Å². The molecular weight excluding hydrogens is 196 g/mol. The molecule has 0 aliphatic heterocycles. The highest BCUT2D eigenvalue weighted by Crippen LogP contribution is 2.07. The zero-order valence-electron chi connectivity index (χ0n) is 10.4. The van der Waals surface area contributed by atoms with Crippen molar-refractivity contribution in [1.82, 2.24) is 0 Å². The fraction of sp³-hybridized carbons (Fsp3) is 0.429. The molecule has 1 rings (SSSR count). The van der Waals surface area contributed by atoms with E-state index in [2.05, 4.69) is 35.3 Å². The zero-order valence-corrected chi connectivity index (χ0v) is 10.4. The summed E-state index contributed by atoms with van der Waals surface area (Å²) in [5.41, 5.74) is 2.43. The fourth-order valence-corrected chi connectivity index (χ4v) is 1.21. The Labute approximate surface area is 98.6 Å². The van der Waals surface area contributed by atoms with Gasteiger partial charge in [-0.05, 0) is 30.7 Å². The van der Waals surface area contributed by atoms with Crippen LogP contribution in [0, 0.1) is 11.3 Å². The van der Waals surface area contributed by atoms with Crippen LogP contribution in [0.25, 0.3) is 0 Å². The Bertz CT molecular complexity index is 331. The molecule has 0 saturated heterocycles. The molecule has 0 heterocycles. The van der Waals surface area contributed by atoms with Gasteiger partial charge in [0.15, 0.2) is 0 Å². The monoisotopic (exact) mass is 216 g/mol. The van der Waals surface area contributed by atoms with Crippen molar-refractivity contribution in [3.8, 4) is 6.07 Å². The molecule has 1 aromatic rings. The number of hydrogen-bond acceptors (Lipinski definition) is 2. The molecule has 0 spiro atoms. The molecule has 0 aliphatic carbocycles. The topological polar surface area (TPSA) is 36.1 Å². The molecule has 2 nitrogen and oxygen atoms in total. The van der Waals surface area contributed by atoms with E-state index >= 15 is 0 Å². The maximum absolute atomic E-state index is 8.43. The minimum atomic E-state index is 0.590. The third-order valence-corrected chi connectivity index (χ3v) is 2.00. The van der Waals surface area contributed by atoms with Crippen molar-refractivity contribution in [2.45, 2.75) is 40.2 Å². The third kappa shape index (κ3) is 5.98. The van der Waals surface area contributed by atoms with Crippen LogP contribution < -0.4 is 0 Å². The van der Waals surface area contributed by atoms with Gasteiger partial charge in [-0.2, -0.15) is 5.26 Å². The first-order valence-electron chi connectivity index (χ1n) is 5.76. The predicted octanol–water partition coefficient (Wildman–Crippen LogP) is 3.76. The maximum Gasteiger partial charge on any atom is 0.0635 e. The zero-order chi connectivity index (χ0) is 12.2. The average Bonchev–Trinajstić information content (AvgIpc) is 2.37. The quantitative estimate of drug-likeness (QED) is 0.706. The Morgan fingerprint density at radius 1 is 1.19 bits per heavy atom. The van der Waals surface area contributed by atoms with Crippen molar-refractivity contribution in [3.05, 3.63) is 35.4 Å². The Morgan fingerprint density at radius 3 is 2.25 bits per heavy atom. The molecule has 0 aromatic heterocycles. The molecule has 0 fully saturated rings. The largest absolute Gasteiger partial charge is 0.293 e. The third-order valence-electron chi connectivity index (χ3n) is 2.00. The van der Waals surface area contributed by atoms with Crippen LogP contribution in [-0.2, 0) is 13.0 Å². The summed E-state index contributed by atoms with van der Waals surface area (Å²) in [6, 6.07) is 10.4. The number of hydrogen-bond donors (Lipinski definition) is 0. The lowest BCUT2D eigenvalue weighted by Gasteiger charge is -1.99. The van der Waals surface area contributed by atoms with Crippen LogP contribution in [0.1, 0.15) is 38.3 Å². The van der Waals surface area contributed by atoms with Gasteiger partial charge in [0, 0.05) is 6.42 Å². The first-order valence-corrected chi connectivity index (χ1v) is 5.76. The minimum absolute atomic E-state index is 0.590. The van der Waals surface area contributed by atoms with Crippen molar-refractivity contribution < 1.29 is 0 Å². The van der Waals surface area contributed by atoms with E-state index in [1.807, 2.05) is 27.0 Å². The van der Waals surface area contributed by atoms with E-state index in [0.717, 1.165) is 13.0 Å². The molecule has 2 heteroatoms. The van der Waals surface area contributed by atoms with Crippen LogP contribution in [0.3, 0.4) is 0 Å². The summed E-state index contributed by atoms with van der Waals surface area (Å²) >= 11 is 0. The summed E-state index contributed by atoms with van der Waals surface area (Å²) in [6.07, 6.45) is 3.24. The molecular formula is C14H20N2. The summed E-state index contributed by atoms with van der Waals surface area (Å²) in [4.78, 5) is 4.16. The van der Waals surface area contributed by atoms with Crippen molar-refractivity contribution in [1.29, 1.82) is 5.26 Å². The number of nitriles is 1. The minimum Gasteiger partial charge on any atom is -0.293 e. The lowest BCUT2D eigenvalue weighted by Crippen LogP contribution is -1.86. The number of aliphatic imine (C=N–C) groups is 1. The summed E-state index contributed by atoms with van der Waals surface area (Å²) in [6.45, 7) is 6.66. The smallest absolute Gasteiger partial charge is 0.0635 e. The lowest BCUT2D eigenvalue weighted by molar-refractivity contribution is 1.00. The number of nitrogens with zero attached hydrogens (tertiary/aromatic N) is 2. The predicted molar refractivity (Wildman–Crippen MR) is 69.6 cm³/mol. The van der Waals surface area contributed by atoms with Gasteiger partial charge in [0.05, 0.1) is 12.6 Å². The highest BCUT2D eigenvalue weighted by Gasteiger charge is 1.93. The van der Waals surface area contributed by atoms with Crippen molar-refractivity contribution in [3.63, 3.8) is 0 Å². The maximum atomic E-state index is 8.43. The second-order valence-corrected chi connectivity index (χ2v) is 3.07. The van der Waals surface area contributed by atoms with Gasteiger partial charge in [-0.1, -0.05) is 38.1 Å². The van der Waals surface area contributed by atoms with Crippen molar-refractivity contribution in [2.24, 2.45) is 4.99 Å². The van der Waals surface area contributed by atoms with E-state index in [1.165, 1.54) is 11.1 Å². The van der Waals surface area contributed by atoms with Gasteiger partial charge in [-0.15, -0.1) is 0 Å². The van der Waals surface area contributed by atoms with Gasteiger partial charge < -0.3 is 0 Å². The molecule has 1 aromatic carbocycles. The SMILES string of the molecule is CC.CC=NCc1ccc(CCC#N)cc1. The molecule has 0 atom stereocenters. The van der Waals surface area contributed by atoms with Crippen LogP contribution in [0.15, 0.2) is 29.3 Å². The van der Waals surface area contributed by atoms with Gasteiger partial charge in [0.2, 0.25) is 0 Å². The second-order valence-electron chi connectivity index (χ2n) is 3.07. The number of rotatable bonds is 4. The first kappa shape index (κ1) is 14.4. The van der Waals surface area contributed by atoms with Crippen molar-refractivity contribution >= 4 is 6.21 Å². The van der Waals surface area contributed by atoms with Gasteiger partial charge >= 0.3 is 0 Å². The van der Waals surface area contributed by atoms with E-state index in [0.29, 0.717) is 6.42 Å². The fourth-order valence-electron chi connectivity index (χ4n) is 1.21. The normalized spacial score (nSPS) is 9.38. The average molecular weight is 216 g/mol. The van der Waals surface area contributed by atoms with Gasteiger partial charge in [-0.25, -0.2) is 0 Å². The molecule has 0 amide bonds. The molecule has 86 valence electrons. The molecule has 0 saturated carbocycles.